The Bertz CT molecular complexity index is 563. The quantitative estimate of drug-likeness (QED) is 0.647. The van der Waals surface area contributed by atoms with Crippen LogP contribution < -0.4 is 0 Å². The molecular weight excluding hydrogens is 336 g/mol. The topological polar surface area (TPSA) is 6.25 Å². The zero-order chi connectivity index (χ0) is 17.5. The third-order valence-electron chi connectivity index (χ3n) is 8.11. The van der Waals surface area contributed by atoms with Crippen molar-refractivity contribution in [1.82, 2.24) is 4.90 Å². The monoisotopic (exact) mass is 373 g/mol. The maximum absolute atomic E-state index is 2.87. The second-order valence-electron chi connectivity index (χ2n) is 9.55. The van der Waals surface area contributed by atoms with Gasteiger partial charge in [-0.2, -0.15) is 0 Å². The summed E-state index contributed by atoms with van der Waals surface area (Å²) < 4.78 is 2.74. The molecule has 3 aliphatic heterocycles. The van der Waals surface area contributed by atoms with E-state index in [0.29, 0.717) is 0 Å². The summed E-state index contributed by atoms with van der Waals surface area (Å²) in [5.41, 5.74) is 0. The van der Waals surface area contributed by atoms with E-state index in [1.807, 2.05) is 0 Å². The molecule has 0 bridgehead atoms. The first-order valence-corrected chi connectivity index (χ1v) is 12.4. The second kappa shape index (κ2) is 7.62. The van der Waals surface area contributed by atoms with Gasteiger partial charge in [0.25, 0.3) is 0 Å². The lowest BCUT2D eigenvalue weighted by atomic mass is 9.65. The fourth-order valence-corrected chi connectivity index (χ4v) is 8.68. The molecule has 5 rings (SSSR count). The van der Waals surface area contributed by atoms with E-state index in [0.717, 1.165) is 35.1 Å². The number of rotatable bonds is 3. The minimum atomic E-state index is 0.833. The molecule has 144 valence electrons. The van der Waals surface area contributed by atoms with Crippen LogP contribution in [0.2, 0.25) is 0 Å². The number of allylic oxidation sites excluding steroid dienone is 1. The van der Waals surface area contributed by atoms with Crippen LogP contribution in [0.15, 0.2) is 12.2 Å². The number of thioether (sulfide) groups is 1. The number of hydrogen-bond acceptors (Lipinski definition) is 2. The summed E-state index contributed by atoms with van der Waals surface area (Å²) in [6, 6.07) is 1.78. The molecule has 2 saturated heterocycles. The van der Waals surface area contributed by atoms with Crippen LogP contribution in [0.1, 0.15) is 71.1 Å². The van der Waals surface area contributed by atoms with Crippen molar-refractivity contribution in [3.8, 4) is 0 Å². The van der Waals surface area contributed by atoms with Crippen LogP contribution in [0.3, 0.4) is 0 Å². The van der Waals surface area contributed by atoms with Gasteiger partial charge in [-0.05, 0) is 101 Å². The van der Waals surface area contributed by atoms with Gasteiger partial charge >= 0.3 is 0 Å². The number of fused-ring (bicyclic) bond motifs is 1. The van der Waals surface area contributed by atoms with E-state index >= 15 is 0 Å². The summed E-state index contributed by atoms with van der Waals surface area (Å²) >= 11 is 2.20. The van der Waals surface area contributed by atoms with Crippen molar-refractivity contribution in [2.24, 2.45) is 17.8 Å². The van der Waals surface area contributed by atoms with Crippen molar-refractivity contribution < 1.29 is 4.58 Å². The highest BCUT2D eigenvalue weighted by molar-refractivity contribution is 8.14. The van der Waals surface area contributed by atoms with E-state index in [1.54, 1.807) is 5.04 Å². The van der Waals surface area contributed by atoms with Crippen LogP contribution in [-0.2, 0) is 0 Å². The van der Waals surface area contributed by atoms with Gasteiger partial charge in [0.1, 0.15) is 6.54 Å². The zero-order valence-electron chi connectivity index (χ0n) is 16.6. The molecule has 0 aromatic carbocycles. The Kier molecular flexibility index (Phi) is 5.22. The Morgan fingerprint density at radius 3 is 2.46 bits per heavy atom. The molecule has 2 nitrogen and oxygen atoms in total. The highest BCUT2D eigenvalue weighted by Gasteiger charge is 2.44. The molecule has 3 heteroatoms. The van der Waals surface area contributed by atoms with E-state index < -0.39 is 0 Å². The van der Waals surface area contributed by atoms with Crippen molar-refractivity contribution in [3.05, 3.63) is 12.2 Å². The molecule has 4 unspecified atom stereocenters. The minimum absolute atomic E-state index is 0.833. The molecule has 4 atom stereocenters. The molecule has 0 aromatic heterocycles. The van der Waals surface area contributed by atoms with Crippen LogP contribution in [0.4, 0.5) is 0 Å². The molecule has 5 aliphatic rings. The largest absolute Gasteiger partial charge is 0.300 e. The molecule has 0 amide bonds. The lowest BCUT2D eigenvalue weighted by Crippen LogP contribution is -2.55. The van der Waals surface area contributed by atoms with Gasteiger partial charge in [-0.15, -0.1) is 0 Å². The normalized spacial score (nSPS) is 43.6. The van der Waals surface area contributed by atoms with Gasteiger partial charge in [0.05, 0.1) is 5.25 Å². The van der Waals surface area contributed by atoms with E-state index in [9.17, 15) is 0 Å². The van der Waals surface area contributed by atoms with Gasteiger partial charge in [-0.25, -0.2) is 4.58 Å². The number of hydrogen-bond donors (Lipinski definition) is 0. The van der Waals surface area contributed by atoms with E-state index in [-0.39, 0.29) is 0 Å². The average molecular weight is 374 g/mol. The van der Waals surface area contributed by atoms with Gasteiger partial charge in [-0.3, -0.25) is 4.90 Å². The summed E-state index contributed by atoms with van der Waals surface area (Å²) in [4.78, 5) is 2.87. The van der Waals surface area contributed by atoms with Crippen molar-refractivity contribution >= 4 is 16.8 Å². The molecule has 0 radical (unpaired) electrons. The molecular formula is C23H37N2S+. The summed E-state index contributed by atoms with van der Waals surface area (Å²) in [7, 11) is 0. The number of piperidine rings is 2. The Labute approximate surface area is 164 Å². The van der Waals surface area contributed by atoms with Crippen LogP contribution in [0.5, 0.6) is 0 Å². The van der Waals surface area contributed by atoms with Crippen molar-refractivity contribution in [2.75, 3.05) is 19.6 Å². The van der Waals surface area contributed by atoms with Gasteiger partial charge in [0.15, 0.2) is 6.04 Å². The number of nitrogens with zero attached hydrogens (tertiary/aromatic N) is 2. The first kappa shape index (κ1) is 17.8. The molecule has 2 saturated carbocycles. The maximum Gasteiger partial charge on any atom is 0.235 e. The van der Waals surface area contributed by atoms with E-state index in [4.69, 9.17) is 0 Å². The standard InChI is InChI=1S/C23H37N2S/c1-2-25-20-9-3-4-10-21(20)26-22(25)12-11-17-15-18-7-5-13-24-14-6-8-19(16-17)23(18)24/h11-12,17-21,23H,2-10,13-16H2,1H3/q+1. The van der Waals surface area contributed by atoms with Gasteiger partial charge < -0.3 is 0 Å². The Balaban J connectivity index is 1.30. The Morgan fingerprint density at radius 2 is 1.73 bits per heavy atom. The highest BCUT2D eigenvalue weighted by Crippen LogP contribution is 2.46. The van der Waals surface area contributed by atoms with Crippen LogP contribution in [0, 0.1) is 17.8 Å². The minimum Gasteiger partial charge on any atom is -0.300 e. The fourth-order valence-electron chi connectivity index (χ4n) is 7.09. The molecule has 3 heterocycles. The average Bonchev–Trinajstić information content (AvgIpc) is 3.04. The summed E-state index contributed by atoms with van der Waals surface area (Å²) in [6.07, 6.45) is 19.8. The van der Waals surface area contributed by atoms with Crippen LogP contribution in [-0.4, -0.2) is 51.5 Å². The lowest BCUT2D eigenvalue weighted by molar-refractivity contribution is -0.558. The van der Waals surface area contributed by atoms with Crippen molar-refractivity contribution in [1.29, 1.82) is 0 Å². The van der Waals surface area contributed by atoms with Gasteiger partial charge in [0, 0.05) is 18.5 Å². The summed E-state index contributed by atoms with van der Waals surface area (Å²) in [6.45, 7) is 6.33. The smallest absolute Gasteiger partial charge is 0.235 e. The third-order valence-corrected chi connectivity index (χ3v) is 9.58. The first-order chi connectivity index (χ1) is 12.8. The summed E-state index contributed by atoms with van der Waals surface area (Å²) in [5.74, 6) is 2.82. The van der Waals surface area contributed by atoms with Crippen LogP contribution >= 0.6 is 11.8 Å². The Morgan fingerprint density at radius 1 is 1.00 bits per heavy atom. The third kappa shape index (κ3) is 3.21. The molecule has 4 fully saturated rings. The predicted molar refractivity (Wildman–Crippen MR) is 112 cm³/mol. The van der Waals surface area contributed by atoms with E-state index in [1.165, 1.54) is 83.8 Å². The van der Waals surface area contributed by atoms with E-state index in [2.05, 4.69) is 40.3 Å². The first-order valence-electron chi connectivity index (χ1n) is 11.6. The zero-order valence-corrected chi connectivity index (χ0v) is 17.4. The van der Waals surface area contributed by atoms with Crippen LogP contribution in [0.25, 0.3) is 0 Å². The molecule has 26 heavy (non-hydrogen) atoms. The highest BCUT2D eigenvalue weighted by atomic mass is 32.2. The predicted octanol–water partition coefficient (Wildman–Crippen LogP) is 4.93. The lowest BCUT2D eigenvalue weighted by Gasteiger charge is -2.53. The SMILES string of the molecule is CC[N+]1=C(C=CC2CC3CCCN4CCCC(C2)C34)SC2CCCCC21. The fraction of sp³-hybridized carbons (Fsp3) is 0.870. The Hall–Kier alpha value is -0.280. The molecule has 0 N–H and O–H groups in total. The van der Waals surface area contributed by atoms with Gasteiger partial charge in [0.2, 0.25) is 5.04 Å². The van der Waals surface area contributed by atoms with Crippen molar-refractivity contribution in [2.45, 2.75) is 88.5 Å². The maximum atomic E-state index is 2.87. The second-order valence-corrected chi connectivity index (χ2v) is 10.8. The molecule has 2 aliphatic carbocycles. The molecule has 0 spiro atoms. The summed E-state index contributed by atoms with van der Waals surface area (Å²) in [5, 5.41) is 2.48. The van der Waals surface area contributed by atoms with Crippen molar-refractivity contribution in [3.63, 3.8) is 0 Å². The van der Waals surface area contributed by atoms with Gasteiger partial charge in [-0.1, -0.05) is 12.5 Å². The molecule has 0 aromatic rings.